The molecule has 4 heteroatoms. The van der Waals surface area contributed by atoms with Crippen molar-refractivity contribution in [2.45, 2.75) is 25.5 Å². The lowest BCUT2D eigenvalue weighted by molar-refractivity contribution is 0.171. The minimum Gasteiger partial charge on any atom is -0.497 e. The van der Waals surface area contributed by atoms with Crippen molar-refractivity contribution in [2.75, 3.05) is 7.11 Å². The highest BCUT2D eigenvalue weighted by atomic mass is 35.5. The van der Waals surface area contributed by atoms with E-state index in [0.717, 1.165) is 23.5 Å². The summed E-state index contributed by atoms with van der Waals surface area (Å²) < 4.78 is 11.2. The third-order valence-corrected chi connectivity index (χ3v) is 3.60. The third kappa shape index (κ3) is 4.13. The molecule has 2 aromatic carbocycles. The van der Waals surface area contributed by atoms with Crippen molar-refractivity contribution in [1.82, 2.24) is 0 Å². The molecule has 2 aromatic rings. The molecule has 0 saturated carbocycles. The molecule has 0 aliphatic heterocycles. The highest BCUT2D eigenvalue weighted by Crippen LogP contribution is 2.28. The van der Waals surface area contributed by atoms with Crippen LogP contribution in [0, 0.1) is 0 Å². The van der Waals surface area contributed by atoms with Crippen molar-refractivity contribution in [3.05, 3.63) is 59.1 Å². The van der Waals surface area contributed by atoms with Gasteiger partial charge in [-0.05, 0) is 48.4 Å². The van der Waals surface area contributed by atoms with Crippen LogP contribution in [0.3, 0.4) is 0 Å². The topological polar surface area (TPSA) is 44.5 Å². The normalized spacial score (nSPS) is 13.5. The zero-order valence-electron chi connectivity index (χ0n) is 12.3. The maximum atomic E-state index is 6.21. The van der Waals surface area contributed by atoms with Crippen molar-refractivity contribution in [1.29, 1.82) is 0 Å². The van der Waals surface area contributed by atoms with E-state index in [4.69, 9.17) is 26.8 Å². The first-order valence-electron chi connectivity index (χ1n) is 6.95. The predicted molar refractivity (Wildman–Crippen MR) is 86.1 cm³/mol. The Morgan fingerprint density at radius 2 is 1.76 bits per heavy atom. The van der Waals surface area contributed by atoms with Gasteiger partial charge in [-0.1, -0.05) is 30.7 Å². The number of hydrogen-bond acceptors (Lipinski definition) is 3. The Bertz CT molecular complexity index is 571. The van der Waals surface area contributed by atoms with Gasteiger partial charge in [-0.25, -0.2) is 0 Å². The Morgan fingerprint density at radius 3 is 2.33 bits per heavy atom. The van der Waals surface area contributed by atoms with Crippen molar-refractivity contribution in [3.63, 3.8) is 0 Å². The first-order chi connectivity index (χ1) is 10.1. The molecule has 3 nitrogen and oxygen atoms in total. The minimum atomic E-state index is -0.234. The fraction of sp³-hybridized carbons (Fsp3) is 0.294. The van der Waals surface area contributed by atoms with Gasteiger partial charge in [-0.15, -0.1) is 0 Å². The number of ether oxygens (including phenoxy) is 2. The lowest BCUT2D eigenvalue weighted by Crippen LogP contribution is -2.31. The molecule has 2 N–H and O–H groups in total. The van der Waals surface area contributed by atoms with E-state index in [2.05, 4.69) is 0 Å². The van der Waals surface area contributed by atoms with E-state index in [0.29, 0.717) is 5.02 Å². The van der Waals surface area contributed by atoms with Gasteiger partial charge in [0.2, 0.25) is 0 Å². The Labute approximate surface area is 130 Å². The van der Waals surface area contributed by atoms with E-state index < -0.39 is 0 Å². The van der Waals surface area contributed by atoms with Gasteiger partial charge in [-0.3, -0.25) is 0 Å². The molecule has 0 heterocycles. The summed E-state index contributed by atoms with van der Waals surface area (Å²) in [5, 5.41) is 0.680. The predicted octanol–water partition coefficient (Wildman–Crippen LogP) is 4.21. The van der Waals surface area contributed by atoms with E-state index in [1.807, 2.05) is 55.5 Å². The average Bonchev–Trinajstić information content (AvgIpc) is 2.52. The molecule has 0 saturated heterocycles. The van der Waals surface area contributed by atoms with Gasteiger partial charge >= 0.3 is 0 Å². The monoisotopic (exact) mass is 305 g/mol. The summed E-state index contributed by atoms with van der Waals surface area (Å²) in [6.45, 7) is 2.04. The molecular weight excluding hydrogens is 286 g/mol. The van der Waals surface area contributed by atoms with Crippen LogP contribution in [0.5, 0.6) is 11.5 Å². The summed E-state index contributed by atoms with van der Waals surface area (Å²) >= 11 is 6.07. The van der Waals surface area contributed by atoms with Crippen LogP contribution in [0.4, 0.5) is 0 Å². The van der Waals surface area contributed by atoms with Crippen LogP contribution >= 0.6 is 11.6 Å². The van der Waals surface area contributed by atoms with Crippen LogP contribution < -0.4 is 15.2 Å². The summed E-state index contributed by atoms with van der Waals surface area (Å²) in [5.74, 6) is 1.55. The van der Waals surface area contributed by atoms with Crippen LogP contribution in [0.25, 0.3) is 0 Å². The van der Waals surface area contributed by atoms with Crippen molar-refractivity contribution < 1.29 is 9.47 Å². The first-order valence-corrected chi connectivity index (χ1v) is 7.33. The average molecular weight is 306 g/mol. The molecule has 2 unspecified atom stereocenters. The summed E-state index contributed by atoms with van der Waals surface area (Å²) in [4.78, 5) is 0. The van der Waals surface area contributed by atoms with Crippen LogP contribution in [-0.2, 0) is 0 Å². The standard InChI is InChI=1S/C17H20ClNO2/c1-3-16(19)17(12-5-4-6-13(18)11-12)21-15-9-7-14(20-2)8-10-15/h4-11,16-17H,3,19H2,1-2H3. The largest absolute Gasteiger partial charge is 0.497 e. The molecule has 0 bridgehead atoms. The van der Waals surface area contributed by atoms with Gasteiger partial charge in [0.15, 0.2) is 0 Å². The van der Waals surface area contributed by atoms with E-state index in [1.165, 1.54) is 0 Å². The van der Waals surface area contributed by atoms with E-state index in [9.17, 15) is 0 Å². The molecule has 0 aliphatic carbocycles. The summed E-state index contributed by atoms with van der Waals surface area (Å²) in [6.07, 6.45) is 0.579. The van der Waals surface area contributed by atoms with Gasteiger partial charge in [-0.2, -0.15) is 0 Å². The number of halogens is 1. The Morgan fingerprint density at radius 1 is 1.10 bits per heavy atom. The lowest BCUT2D eigenvalue weighted by Gasteiger charge is -2.25. The second-order valence-corrected chi connectivity index (χ2v) is 5.28. The molecule has 21 heavy (non-hydrogen) atoms. The highest BCUT2D eigenvalue weighted by molar-refractivity contribution is 6.30. The smallest absolute Gasteiger partial charge is 0.139 e. The second-order valence-electron chi connectivity index (χ2n) is 4.84. The van der Waals surface area contributed by atoms with E-state index in [-0.39, 0.29) is 12.1 Å². The maximum Gasteiger partial charge on any atom is 0.139 e. The zero-order valence-corrected chi connectivity index (χ0v) is 13.0. The zero-order chi connectivity index (χ0) is 15.2. The van der Waals surface area contributed by atoms with Crippen molar-refractivity contribution in [2.24, 2.45) is 5.73 Å². The molecule has 0 aromatic heterocycles. The van der Waals surface area contributed by atoms with Gasteiger partial charge in [0, 0.05) is 11.1 Å². The second kappa shape index (κ2) is 7.34. The molecule has 0 amide bonds. The molecular formula is C17H20ClNO2. The molecule has 112 valence electrons. The summed E-state index contributed by atoms with van der Waals surface area (Å²) in [7, 11) is 1.64. The molecule has 0 spiro atoms. The van der Waals surface area contributed by atoms with Crippen LogP contribution in [0.1, 0.15) is 25.0 Å². The van der Waals surface area contributed by atoms with Crippen LogP contribution in [0.15, 0.2) is 48.5 Å². The van der Waals surface area contributed by atoms with Gasteiger partial charge in [0.25, 0.3) is 0 Å². The van der Waals surface area contributed by atoms with Crippen molar-refractivity contribution >= 4 is 11.6 Å². The fourth-order valence-electron chi connectivity index (χ4n) is 2.10. The molecule has 0 radical (unpaired) electrons. The summed E-state index contributed by atoms with van der Waals surface area (Å²) in [5.41, 5.74) is 7.19. The Kier molecular flexibility index (Phi) is 5.48. The number of benzene rings is 2. The molecule has 0 fully saturated rings. The summed E-state index contributed by atoms with van der Waals surface area (Å²) in [6, 6.07) is 15.0. The maximum absolute atomic E-state index is 6.21. The number of rotatable bonds is 6. The van der Waals surface area contributed by atoms with Crippen LogP contribution in [-0.4, -0.2) is 13.2 Å². The number of hydrogen-bond donors (Lipinski definition) is 1. The van der Waals surface area contributed by atoms with E-state index in [1.54, 1.807) is 7.11 Å². The molecule has 0 aliphatic rings. The minimum absolute atomic E-state index is 0.106. The lowest BCUT2D eigenvalue weighted by atomic mass is 10.0. The van der Waals surface area contributed by atoms with E-state index >= 15 is 0 Å². The third-order valence-electron chi connectivity index (χ3n) is 3.36. The highest BCUT2D eigenvalue weighted by Gasteiger charge is 2.20. The first kappa shape index (κ1) is 15.7. The van der Waals surface area contributed by atoms with Crippen LogP contribution in [0.2, 0.25) is 5.02 Å². The van der Waals surface area contributed by atoms with Gasteiger partial charge in [0.1, 0.15) is 17.6 Å². The number of nitrogens with two attached hydrogens (primary N) is 1. The van der Waals surface area contributed by atoms with Gasteiger partial charge < -0.3 is 15.2 Å². The Balaban J connectivity index is 2.23. The quantitative estimate of drug-likeness (QED) is 0.869. The molecule has 2 atom stereocenters. The van der Waals surface area contributed by atoms with Gasteiger partial charge in [0.05, 0.1) is 7.11 Å². The fourth-order valence-corrected chi connectivity index (χ4v) is 2.30. The SMILES string of the molecule is CCC(N)C(Oc1ccc(OC)cc1)c1cccc(Cl)c1. The number of methoxy groups -OCH3 is 1. The molecule has 2 rings (SSSR count). The Hall–Kier alpha value is -1.71. The van der Waals surface area contributed by atoms with Crippen molar-refractivity contribution in [3.8, 4) is 11.5 Å².